The topological polar surface area (TPSA) is 75.1 Å². The van der Waals surface area contributed by atoms with E-state index < -0.39 is 5.97 Å². The molecule has 1 aromatic heterocycles. The van der Waals surface area contributed by atoms with E-state index in [4.69, 9.17) is 5.11 Å². The average Bonchev–Trinajstić information content (AvgIpc) is 2.55. The van der Waals surface area contributed by atoms with E-state index in [1.165, 1.54) is 11.8 Å². The molecule has 3 aromatic rings. The first-order chi connectivity index (χ1) is 11.5. The van der Waals surface area contributed by atoms with E-state index in [2.05, 4.69) is 15.3 Å². The summed E-state index contributed by atoms with van der Waals surface area (Å²) in [6, 6.07) is 14.7. The zero-order valence-corrected chi connectivity index (χ0v) is 14.2. The fourth-order valence-corrected chi connectivity index (χ4v) is 3.13. The third kappa shape index (κ3) is 3.65. The maximum Gasteiger partial charge on any atom is 0.335 e. The van der Waals surface area contributed by atoms with Gasteiger partial charge in [-0.25, -0.2) is 14.8 Å². The number of para-hydroxylation sites is 2. The number of anilines is 1. The Labute approximate surface area is 144 Å². The maximum absolute atomic E-state index is 11.1. The van der Waals surface area contributed by atoms with Gasteiger partial charge in [0, 0.05) is 10.9 Å². The molecule has 0 unspecified atom stereocenters. The van der Waals surface area contributed by atoms with Gasteiger partial charge in [0.05, 0.1) is 16.6 Å². The van der Waals surface area contributed by atoms with Crippen LogP contribution in [0.2, 0.25) is 0 Å². The summed E-state index contributed by atoms with van der Waals surface area (Å²) in [5.41, 5.74) is 1.89. The third-order valence-corrected chi connectivity index (χ3v) is 4.23. The highest BCUT2D eigenvalue weighted by Gasteiger charge is 2.12. The number of benzene rings is 2. The molecule has 0 bridgehead atoms. The van der Waals surface area contributed by atoms with Gasteiger partial charge in [0.2, 0.25) is 0 Å². The van der Waals surface area contributed by atoms with E-state index in [0.29, 0.717) is 5.82 Å². The highest BCUT2D eigenvalue weighted by atomic mass is 32.2. The molecular weight excluding hydrogens is 322 g/mol. The summed E-state index contributed by atoms with van der Waals surface area (Å²) in [7, 11) is 0. The van der Waals surface area contributed by atoms with Crippen molar-refractivity contribution in [1.82, 2.24) is 9.97 Å². The van der Waals surface area contributed by atoms with Crippen LogP contribution in [-0.2, 0) is 0 Å². The van der Waals surface area contributed by atoms with Crippen molar-refractivity contribution in [2.75, 3.05) is 5.32 Å². The first-order valence-corrected chi connectivity index (χ1v) is 8.39. The standard InChI is InChI=1S/C18H17N3O2S/c1-11(2)19-16-17(21-15-9-4-3-8-14(15)20-16)24-13-7-5-6-12(10-13)18(22)23/h3-11H,1-2H3,(H,19,20)(H,22,23). The molecule has 0 radical (unpaired) electrons. The lowest BCUT2D eigenvalue weighted by atomic mass is 10.2. The van der Waals surface area contributed by atoms with Crippen molar-refractivity contribution < 1.29 is 9.90 Å². The molecule has 3 rings (SSSR count). The predicted octanol–water partition coefficient (Wildman–Crippen LogP) is 4.30. The minimum absolute atomic E-state index is 0.213. The number of aromatic carboxylic acids is 1. The molecule has 2 aromatic carbocycles. The molecule has 0 aliphatic carbocycles. The third-order valence-electron chi connectivity index (χ3n) is 3.26. The predicted molar refractivity (Wildman–Crippen MR) is 95.8 cm³/mol. The Morgan fingerprint density at radius 1 is 1.08 bits per heavy atom. The van der Waals surface area contributed by atoms with Gasteiger partial charge in [-0.3, -0.25) is 0 Å². The van der Waals surface area contributed by atoms with Crippen molar-refractivity contribution in [1.29, 1.82) is 0 Å². The van der Waals surface area contributed by atoms with Crippen molar-refractivity contribution >= 4 is 34.6 Å². The largest absolute Gasteiger partial charge is 0.478 e. The number of nitrogens with one attached hydrogen (secondary N) is 1. The zero-order valence-electron chi connectivity index (χ0n) is 13.4. The minimum Gasteiger partial charge on any atom is -0.478 e. The van der Waals surface area contributed by atoms with Crippen LogP contribution < -0.4 is 5.32 Å². The van der Waals surface area contributed by atoms with Crippen molar-refractivity contribution in [2.45, 2.75) is 29.8 Å². The molecule has 0 aliphatic rings. The van der Waals surface area contributed by atoms with Crippen molar-refractivity contribution in [3.63, 3.8) is 0 Å². The lowest BCUT2D eigenvalue weighted by Crippen LogP contribution is -2.12. The number of carbonyl (C=O) groups is 1. The van der Waals surface area contributed by atoms with Crippen LogP contribution in [0.25, 0.3) is 11.0 Å². The van der Waals surface area contributed by atoms with Gasteiger partial charge in [0.15, 0.2) is 5.82 Å². The Morgan fingerprint density at radius 2 is 1.79 bits per heavy atom. The molecule has 1 heterocycles. The summed E-state index contributed by atoms with van der Waals surface area (Å²) in [4.78, 5) is 21.3. The molecule has 6 heteroatoms. The Bertz CT molecular complexity index is 896. The normalized spacial score (nSPS) is 11.0. The second-order valence-corrected chi connectivity index (χ2v) is 6.66. The number of hydrogen-bond donors (Lipinski definition) is 2. The molecule has 0 aliphatic heterocycles. The SMILES string of the molecule is CC(C)Nc1nc2ccccc2nc1Sc1cccc(C(=O)O)c1. The zero-order chi connectivity index (χ0) is 17.1. The van der Waals surface area contributed by atoms with Crippen molar-refractivity contribution in [3.8, 4) is 0 Å². The Morgan fingerprint density at radius 3 is 2.46 bits per heavy atom. The van der Waals surface area contributed by atoms with Crippen LogP contribution in [-0.4, -0.2) is 27.1 Å². The van der Waals surface area contributed by atoms with Crippen molar-refractivity contribution in [3.05, 3.63) is 54.1 Å². The molecule has 0 saturated heterocycles. The van der Waals surface area contributed by atoms with E-state index in [1.807, 2.05) is 44.2 Å². The molecule has 122 valence electrons. The van der Waals surface area contributed by atoms with Gasteiger partial charge in [-0.1, -0.05) is 30.0 Å². The van der Waals surface area contributed by atoms with Crippen LogP contribution in [0.1, 0.15) is 24.2 Å². The van der Waals surface area contributed by atoms with Crippen LogP contribution in [0.3, 0.4) is 0 Å². The maximum atomic E-state index is 11.1. The van der Waals surface area contributed by atoms with Gasteiger partial charge >= 0.3 is 5.97 Å². The molecular formula is C18H17N3O2S. The van der Waals surface area contributed by atoms with Crippen LogP contribution in [0.5, 0.6) is 0 Å². The number of rotatable bonds is 5. The first-order valence-electron chi connectivity index (χ1n) is 7.57. The average molecular weight is 339 g/mol. The molecule has 5 nitrogen and oxygen atoms in total. The summed E-state index contributed by atoms with van der Waals surface area (Å²) < 4.78 is 0. The Kier molecular flexibility index (Phi) is 4.66. The Balaban J connectivity index is 2.03. The highest BCUT2D eigenvalue weighted by molar-refractivity contribution is 7.99. The molecule has 24 heavy (non-hydrogen) atoms. The molecule has 0 saturated carbocycles. The smallest absolute Gasteiger partial charge is 0.335 e. The monoisotopic (exact) mass is 339 g/mol. The summed E-state index contributed by atoms with van der Waals surface area (Å²) in [5.74, 6) is -0.239. The first kappa shape index (κ1) is 16.3. The molecule has 0 spiro atoms. The van der Waals surface area contributed by atoms with E-state index >= 15 is 0 Å². The Hall–Kier alpha value is -2.60. The molecule has 0 fully saturated rings. The van der Waals surface area contributed by atoms with Crippen LogP contribution in [0.4, 0.5) is 5.82 Å². The fraction of sp³-hybridized carbons (Fsp3) is 0.167. The van der Waals surface area contributed by atoms with E-state index in [0.717, 1.165) is 21.0 Å². The summed E-state index contributed by atoms with van der Waals surface area (Å²) in [6.07, 6.45) is 0. The van der Waals surface area contributed by atoms with Gasteiger partial charge in [0.1, 0.15) is 5.03 Å². The second-order valence-electron chi connectivity index (χ2n) is 5.60. The van der Waals surface area contributed by atoms with Gasteiger partial charge < -0.3 is 10.4 Å². The summed E-state index contributed by atoms with van der Waals surface area (Å²) >= 11 is 1.40. The van der Waals surface area contributed by atoms with E-state index in [1.54, 1.807) is 18.2 Å². The van der Waals surface area contributed by atoms with Crippen LogP contribution in [0.15, 0.2) is 58.5 Å². The van der Waals surface area contributed by atoms with Gasteiger partial charge in [-0.2, -0.15) is 0 Å². The van der Waals surface area contributed by atoms with Gasteiger partial charge in [-0.05, 0) is 44.2 Å². The van der Waals surface area contributed by atoms with Gasteiger partial charge in [-0.15, -0.1) is 0 Å². The lowest BCUT2D eigenvalue weighted by Gasteiger charge is -2.14. The van der Waals surface area contributed by atoms with E-state index in [-0.39, 0.29) is 11.6 Å². The van der Waals surface area contributed by atoms with Crippen LogP contribution in [0, 0.1) is 0 Å². The fourth-order valence-electron chi connectivity index (χ4n) is 2.23. The molecule has 2 N–H and O–H groups in total. The lowest BCUT2D eigenvalue weighted by molar-refractivity contribution is 0.0696. The summed E-state index contributed by atoms with van der Waals surface area (Å²) in [5, 5.41) is 13.2. The minimum atomic E-state index is -0.942. The highest BCUT2D eigenvalue weighted by Crippen LogP contribution is 2.33. The second kappa shape index (κ2) is 6.88. The number of hydrogen-bond acceptors (Lipinski definition) is 5. The van der Waals surface area contributed by atoms with Crippen molar-refractivity contribution in [2.24, 2.45) is 0 Å². The number of fused-ring (bicyclic) bond motifs is 1. The number of aromatic nitrogens is 2. The molecule has 0 amide bonds. The van der Waals surface area contributed by atoms with Gasteiger partial charge in [0.25, 0.3) is 0 Å². The number of carboxylic acids is 1. The number of nitrogens with zero attached hydrogens (tertiary/aromatic N) is 2. The number of carboxylic acid groups (broad SMARTS) is 1. The summed E-state index contributed by atoms with van der Waals surface area (Å²) in [6.45, 7) is 4.08. The van der Waals surface area contributed by atoms with E-state index in [9.17, 15) is 4.79 Å². The quantitative estimate of drug-likeness (QED) is 0.722. The molecule has 0 atom stereocenters. The van der Waals surface area contributed by atoms with Crippen LogP contribution >= 0.6 is 11.8 Å².